The van der Waals surface area contributed by atoms with E-state index in [4.69, 9.17) is 0 Å². The van der Waals surface area contributed by atoms with Gasteiger partial charge in [0, 0.05) is 67.7 Å². The number of hydrogen-bond acceptors (Lipinski definition) is 9. The van der Waals surface area contributed by atoms with Crippen LogP contribution in [0.3, 0.4) is 0 Å². The van der Waals surface area contributed by atoms with E-state index in [-0.39, 0.29) is 35.7 Å². The number of imide groups is 1. The Labute approximate surface area is 364 Å². The van der Waals surface area contributed by atoms with Crippen molar-refractivity contribution >= 4 is 56.1 Å². The van der Waals surface area contributed by atoms with Crippen molar-refractivity contribution in [3.63, 3.8) is 0 Å². The molecule has 0 spiro atoms. The molecule has 14 nitrogen and oxygen atoms in total. The summed E-state index contributed by atoms with van der Waals surface area (Å²) in [7, 11) is -2.83. The van der Waals surface area contributed by atoms with Crippen LogP contribution in [0, 0.1) is 11.6 Å². The summed E-state index contributed by atoms with van der Waals surface area (Å²) >= 11 is 0. The molecule has 0 bridgehead atoms. The zero-order valence-electron chi connectivity index (χ0n) is 35.1. The number of nitrogens with zero attached hydrogens (tertiary/aromatic N) is 4. The topological polar surface area (TPSA) is 177 Å². The molecule has 3 fully saturated rings. The molecule has 1 unspecified atom stereocenters. The van der Waals surface area contributed by atoms with Crippen LogP contribution in [0.4, 0.5) is 20.2 Å². The lowest BCUT2D eigenvalue weighted by Gasteiger charge is -2.36. The lowest BCUT2D eigenvalue weighted by Crippen LogP contribution is -2.47. The maximum atomic E-state index is 15.6. The summed E-state index contributed by atoms with van der Waals surface area (Å²) in [6.45, 7) is 5.15. The van der Waals surface area contributed by atoms with Gasteiger partial charge in [-0.2, -0.15) is 12.7 Å². The number of aromatic nitrogens is 2. The Bertz CT molecular complexity index is 2640. The molecular weight excluding hydrogens is 831 g/mol. The van der Waals surface area contributed by atoms with E-state index in [0.717, 1.165) is 72.0 Å². The van der Waals surface area contributed by atoms with Crippen molar-refractivity contribution in [3.8, 4) is 11.1 Å². The van der Waals surface area contributed by atoms with Gasteiger partial charge in [-0.1, -0.05) is 43.3 Å². The minimum absolute atomic E-state index is 0.0181. The van der Waals surface area contributed by atoms with Crippen molar-refractivity contribution in [1.29, 1.82) is 0 Å². The molecule has 4 N–H and O–H groups in total. The summed E-state index contributed by atoms with van der Waals surface area (Å²) in [6.07, 6.45) is 7.39. The van der Waals surface area contributed by atoms with Crippen molar-refractivity contribution in [1.82, 2.24) is 29.4 Å². The first-order valence-electron chi connectivity index (χ1n) is 21.3. The number of ketones is 1. The zero-order valence-corrected chi connectivity index (χ0v) is 35.9. The number of hydrogen-bond donors (Lipinski definition) is 4. The summed E-state index contributed by atoms with van der Waals surface area (Å²) in [5.74, 6) is -3.11. The van der Waals surface area contributed by atoms with Crippen molar-refractivity contribution in [2.24, 2.45) is 0 Å². The highest BCUT2D eigenvalue weighted by atomic mass is 32.2. The standard InChI is InChI=1S/C46H50F2N8O6S/c1-3-54(2)63(61,62)53-38-13-12-37(47)42(43(38)48)44(59)36-26-50-45-35(36)24-33(25-49-45)30-6-4-28(5-7-30)32-18-22-56(23-19-32)41(58)27-55-20-16-31(17-21-55)29-8-10-34(11-9-29)51-39-14-15-40(57)52-46(39)60/h4-13,24-26,31-32,39,51,53H,3,14-23,27H2,1-2H3,(H,49,50)(H,52,57,60). The number of fused-ring (bicyclic) bond motifs is 1. The number of likely N-dealkylation sites (tertiary alicyclic amines) is 2. The highest BCUT2D eigenvalue weighted by molar-refractivity contribution is 7.90. The molecule has 330 valence electrons. The number of nitrogens with one attached hydrogen (secondary N) is 4. The highest BCUT2D eigenvalue weighted by Gasteiger charge is 2.30. The molecule has 3 saturated heterocycles. The molecule has 1 atom stereocenters. The minimum Gasteiger partial charge on any atom is -0.374 e. The van der Waals surface area contributed by atoms with E-state index < -0.39 is 44.9 Å². The molecule has 5 aromatic rings. The third kappa shape index (κ3) is 9.50. The van der Waals surface area contributed by atoms with Gasteiger partial charge in [0.05, 0.1) is 17.8 Å². The van der Waals surface area contributed by atoms with Crippen molar-refractivity contribution in [2.45, 2.75) is 63.3 Å². The predicted octanol–water partition coefficient (Wildman–Crippen LogP) is 6.15. The van der Waals surface area contributed by atoms with Gasteiger partial charge in [0.1, 0.15) is 17.5 Å². The molecule has 5 heterocycles. The molecule has 63 heavy (non-hydrogen) atoms. The average Bonchev–Trinajstić information content (AvgIpc) is 3.72. The fraction of sp³-hybridized carbons (Fsp3) is 0.370. The Morgan fingerprint density at radius 3 is 2.17 bits per heavy atom. The molecule has 0 radical (unpaired) electrons. The van der Waals surface area contributed by atoms with Crippen LogP contribution in [-0.4, -0.2) is 108 Å². The first kappa shape index (κ1) is 43.6. The summed E-state index contributed by atoms with van der Waals surface area (Å²) in [5, 5.41) is 5.96. The number of amides is 3. The second-order valence-corrected chi connectivity index (χ2v) is 18.3. The quantitative estimate of drug-likeness (QED) is 0.0799. The maximum absolute atomic E-state index is 15.6. The van der Waals surface area contributed by atoms with Crippen LogP contribution in [-0.2, 0) is 24.6 Å². The van der Waals surface area contributed by atoms with Gasteiger partial charge in [0.2, 0.25) is 23.5 Å². The lowest BCUT2D eigenvalue weighted by atomic mass is 9.88. The SMILES string of the molecule is CCN(C)S(=O)(=O)Nc1ccc(F)c(C(=O)c2c[nH]c3ncc(-c4ccc(C5CCN(C(=O)CN6CCC(c7ccc(NC8CCC(=O)NC8=O)cc7)CC6)CC5)cc4)cc23)c1F. The summed E-state index contributed by atoms with van der Waals surface area (Å²) in [4.78, 5) is 62.2. The van der Waals surface area contributed by atoms with Crippen LogP contribution >= 0.6 is 0 Å². The number of carbonyl (C=O) groups is 4. The Hall–Kier alpha value is -6.04. The van der Waals surface area contributed by atoms with Crippen molar-refractivity contribution in [2.75, 3.05) is 56.4 Å². The van der Waals surface area contributed by atoms with E-state index in [1.165, 1.54) is 18.8 Å². The Kier molecular flexibility index (Phi) is 12.7. The first-order valence-corrected chi connectivity index (χ1v) is 22.8. The van der Waals surface area contributed by atoms with Gasteiger partial charge in [-0.05, 0) is 104 Å². The summed E-state index contributed by atoms with van der Waals surface area (Å²) < 4.78 is 58.8. The van der Waals surface area contributed by atoms with Crippen LogP contribution < -0.4 is 15.4 Å². The molecule has 3 aliphatic heterocycles. The van der Waals surface area contributed by atoms with E-state index in [1.807, 2.05) is 29.2 Å². The zero-order chi connectivity index (χ0) is 44.4. The molecule has 17 heteroatoms. The molecule has 0 aliphatic carbocycles. The van der Waals surface area contributed by atoms with Crippen LogP contribution in [0.15, 0.2) is 79.1 Å². The van der Waals surface area contributed by atoms with Gasteiger partial charge in [-0.3, -0.25) is 34.1 Å². The Balaban J connectivity index is 0.834. The van der Waals surface area contributed by atoms with E-state index >= 15 is 8.78 Å². The number of H-pyrrole nitrogens is 1. The monoisotopic (exact) mass is 880 g/mol. The molecule has 0 saturated carbocycles. The Morgan fingerprint density at radius 1 is 0.873 bits per heavy atom. The van der Waals surface area contributed by atoms with Crippen molar-refractivity contribution < 1.29 is 36.4 Å². The highest BCUT2D eigenvalue weighted by Crippen LogP contribution is 2.34. The second kappa shape index (κ2) is 18.4. The van der Waals surface area contributed by atoms with Gasteiger partial charge in [0.25, 0.3) is 0 Å². The van der Waals surface area contributed by atoms with E-state index in [9.17, 15) is 27.6 Å². The van der Waals surface area contributed by atoms with Crippen LogP contribution in [0.5, 0.6) is 0 Å². The number of piperidine rings is 3. The average molecular weight is 881 g/mol. The first-order chi connectivity index (χ1) is 30.3. The number of rotatable bonds is 13. The number of pyridine rings is 1. The van der Waals surface area contributed by atoms with E-state index in [0.29, 0.717) is 55.0 Å². The van der Waals surface area contributed by atoms with Crippen LogP contribution in [0.1, 0.15) is 84.3 Å². The number of anilines is 2. The molecule has 3 aromatic carbocycles. The summed E-state index contributed by atoms with van der Waals surface area (Å²) in [6, 6.07) is 19.3. The van der Waals surface area contributed by atoms with Gasteiger partial charge in [0.15, 0.2) is 5.82 Å². The molecule has 8 rings (SSSR count). The summed E-state index contributed by atoms with van der Waals surface area (Å²) in [5.41, 5.74) is 3.66. The van der Waals surface area contributed by atoms with Crippen molar-refractivity contribution in [3.05, 3.63) is 113 Å². The van der Waals surface area contributed by atoms with Gasteiger partial charge in [-0.15, -0.1) is 0 Å². The number of carbonyl (C=O) groups excluding carboxylic acids is 4. The number of benzene rings is 3. The van der Waals surface area contributed by atoms with Gasteiger partial charge < -0.3 is 15.2 Å². The lowest BCUT2D eigenvalue weighted by molar-refractivity contribution is -0.134. The maximum Gasteiger partial charge on any atom is 0.301 e. The predicted molar refractivity (Wildman–Crippen MR) is 235 cm³/mol. The minimum atomic E-state index is -4.14. The smallest absolute Gasteiger partial charge is 0.301 e. The van der Waals surface area contributed by atoms with E-state index in [2.05, 4.69) is 54.5 Å². The second-order valence-electron chi connectivity index (χ2n) is 16.6. The fourth-order valence-corrected chi connectivity index (χ4v) is 9.65. The van der Waals surface area contributed by atoms with Gasteiger partial charge in [-0.25, -0.2) is 13.8 Å². The molecule has 2 aromatic heterocycles. The third-order valence-corrected chi connectivity index (χ3v) is 14.2. The molecular formula is C46H50F2N8O6S. The Morgan fingerprint density at radius 2 is 1.52 bits per heavy atom. The van der Waals surface area contributed by atoms with Crippen LogP contribution in [0.25, 0.3) is 22.2 Å². The fourth-order valence-electron chi connectivity index (χ4n) is 8.72. The van der Waals surface area contributed by atoms with Crippen LogP contribution in [0.2, 0.25) is 0 Å². The van der Waals surface area contributed by atoms with E-state index in [1.54, 1.807) is 19.2 Å². The largest absolute Gasteiger partial charge is 0.374 e. The number of halogens is 2. The normalized spacial score (nSPS) is 18.2. The molecule has 3 amide bonds. The third-order valence-electron chi connectivity index (χ3n) is 12.7. The number of aromatic amines is 1. The van der Waals surface area contributed by atoms with Gasteiger partial charge >= 0.3 is 10.2 Å². The molecule has 3 aliphatic rings.